The third kappa shape index (κ3) is 5.34. The standard InChI is InChI=1S/C16H32N2O6/c1-15(2)21-9-11(23-15)13(19-7-5-17)14(20-8-6-18)12-10-22-16(3,4)24-12/h11-14H,5-10,17-18H2,1-4H3/t11-,12-,13-,14-/m1/s1. The van der Waals surface area contributed by atoms with Crippen LogP contribution in [-0.2, 0) is 28.4 Å². The van der Waals surface area contributed by atoms with E-state index < -0.39 is 11.6 Å². The molecule has 0 aliphatic carbocycles. The Labute approximate surface area is 144 Å². The molecule has 0 saturated carbocycles. The van der Waals surface area contributed by atoms with Crippen molar-refractivity contribution in [2.24, 2.45) is 11.5 Å². The van der Waals surface area contributed by atoms with Crippen molar-refractivity contribution in [1.29, 1.82) is 0 Å². The summed E-state index contributed by atoms with van der Waals surface area (Å²) in [6.07, 6.45) is -1.32. The molecule has 0 bridgehead atoms. The van der Waals surface area contributed by atoms with Crippen LogP contribution in [0.15, 0.2) is 0 Å². The Hall–Kier alpha value is -0.320. The molecule has 0 radical (unpaired) electrons. The molecular formula is C16H32N2O6. The monoisotopic (exact) mass is 348 g/mol. The molecule has 8 nitrogen and oxygen atoms in total. The number of nitrogens with two attached hydrogens (primary N) is 2. The Bertz CT molecular complexity index is 357. The minimum atomic E-state index is -0.653. The van der Waals surface area contributed by atoms with Crippen LogP contribution in [0.1, 0.15) is 27.7 Å². The van der Waals surface area contributed by atoms with Gasteiger partial charge in [-0.15, -0.1) is 0 Å². The average Bonchev–Trinajstić information content (AvgIpc) is 3.04. The van der Waals surface area contributed by atoms with E-state index in [9.17, 15) is 0 Å². The summed E-state index contributed by atoms with van der Waals surface area (Å²) < 4.78 is 35.3. The van der Waals surface area contributed by atoms with Crippen LogP contribution in [0.25, 0.3) is 0 Å². The first kappa shape index (κ1) is 20.0. The highest BCUT2D eigenvalue weighted by Gasteiger charge is 2.47. The predicted molar refractivity (Wildman–Crippen MR) is 87.4 cm³/mol. The van der Waals surface area contributed by atoms with Gasteiger partial charge in [0.1, 0.15) is 24.4 Å². The summed E-state index contributed by atoms with van der Waals surface area (Å²) >= 11 is 0. The van der Waals surface area contributed by atoms with Gasteiger partial charge in [-0.2, -0.15) is 0 Å². The molecule has 4 atom stereocenters. The molecule has 2 aliphatic rings. The van der Waals surface area contributed by atoms with Crippen LogP contribution in [0, 0.1) is 0 Å². The third-order valence-electron chi connectivity index (χ3n) is 3.97. The Morgan fingerprint density at radius 2 is 1.21 bits per heavy atom. The van der Waals surface area contributed by atoms with Crippen molar-refractivity contribution in [3.63, 3.8) is 0 Å². The predicted octanol–water partition coefficient (Wildman–Crippen LogP) is -0.0228. The van der Waals surface area contributed by atoms with Crippen molar-refractivity contribution in [2.45, 2.75) is 63.7 Å². The molecule has 0 unspecified atom stereocenters. The largest absolute Gasteiger partial charge is 0.371 e. The molecule has 2 fully saturated rings. The fraction of sp³-hybridized carbons (Fsp3) is 1.00. The van der Waals surface area contributed by atoms with Crippen LogP contribution in [0.3, 0.4) is 0 Å². The molecule has 24 heavy (non-hydrogen) atoms. The number of hydrogen-bond donors (Lipinski definition) is 2. The van der Waals surface area contributed by atoms with E-state index >= 15 is 0 Å². The maximum absolute atomic E-state index is 5.98. The summed E-state index contributed by atoms with van der Waals surface area (Å²) in [7, 11) is 0. The fourth-order valence-corrected chi connectivity index (χ4v) is 2.99. The molecule has 0 amide bonds. The van der Waals surface area contributed by atoms with Gasteiger partial charge in [0.25, 0.3) is 0 Å². The van der Waals surface area contributed by atoms with E-state index in [4.69, 9.17) is 39.9 Å². The molecule has 8 heteroatoms. The second-order valence-corrected chi connectivity index (χ2v) is 6.98. The third-order valence-corrected chi connectivity index (χ3v) is 3.97. The Morgan fingerprint density at radius 3 is 1.46 bits per heavy atom. The van der Waals surface area contributed by atoms with Crippen LogP contribution < -0.4 is 11.5 Å². The maximum Gasteiger partial charge on any atom is 0.163 e. The van der Waals surface area contributed by atoms with E-state index in [0.29, 0.717) is 39.5 Å². The molecule has 4 N–H and O–H groups in total. The lowest BCUT2D eigenvalue weighted by atomic mass is 10.0. The van der Waals surface area contributed by atoms with Gasteiger partial charge in [-0.05, 0) is 27.7 Å². The summed E-state index contributed by atoms with van der Waals surface area (Å²) in [6.45, 7) is 9.94. The van der Waals surface area contributed by atoms with Gasteiger partial charge in [0.2, 0.25) is 0 Å². The minimum Gasteiger partial charge on any atom is -0.371 e. The first-order valence-electron chi connectivity index (χ1n) is 8.55. The van der Waals surface area contributed by atoms with Crippen LogP contribution in [-0.4, -0.2) is 75.5 Å². The van der Waals surface area contributed by atoms with E-state index in [1.165, 1.54) is 0 Å². The Kier molecular flexibility index (Phi) is 6.98. The summed E-state index contributed by atoms with van der Waals surface area (Å²) in [4.78, 5) is 0. The van der Waals surface area contributed by atoms with Crippen LogP contribution in [0.4, 0.5) is 0 Å². The Balaban J connectivity index is 2.13. The fourth-order valence-electron chi connectivity index (χ4n) is 2.99. The van der Waals surface area contributed by atoms with E-state index in [1.54, 1.807) is 0 Å². The van der Waals surface area contributed by atoms with Gasteiger partial charge in [-0.25, -0.2) is 0 Å². The van der Waals surface area contributed by atoms with Crippen molar-refractivity contribution < 1.29 is 28.4 Å². The minimum absolute atomic E-state index is 0.276. The molecule has 0 aromatic heterocycles. The lowest BCUT2D eigenvalue weighted by Gasteiger charge is -2.34. The van der Waals surface area contributed by atoms with Crippen molar-refractivity contribution in [3.8, 4) is 0 Å². The van der Waals surface area contributed by atoms with Gasteiger partial charge in [0, 0.05) is 13.1 Å². The first-order chi connectivity index (χ1) is 11.3. The lowest BCUT2D eigenvalue weighted by molar-refractivity contribution is -0.202. The smallest absolute Gasteiger partial charge is 0.163 e. The van der Waals surface area contributed by atoms with Crippen LogP contribution >= 0.6 is 0 Å². The van der Waals surface area contributed by atoms with Gasteiger partial charge in [-0.3, -0.25) is 0 Å². The van der Waals surface area contributed by atoms with Crippen LogP contribution in [0.2, 0.25) is 0 Å². The summed E-state index contributed by atoms with van der Waals surface area (Å²) in [6, 6.07) is 0. The van der Waals surface area contributed by atoms with E-state index in [-0.39, 0.29) is 24.4 Å². The first-order valence-corrected chi connectivity index (χ1v) is 8.55. The average molecular weight is 348 g/mol. The zero-order valence-corrected chi connectivity index (χ0v) is 15.2. The molecule has 142 valence electrons. The molecule has 0 aromatic carbocycles. The van der Waals surface area contributed by atoms with E-state index in [2.05, 4.69) is 0 Å². The van der Waals surface area contributed by atoms with Gasteiger partial charge < -0.3 is 39.9 Å². The number of rotatable bonds is 9. The second kappa shape index (κ2) is 8.37. The molecule has 2 rings (SSSR count). The summed E-state index contributed by atoms with van der Waals surface area (Å²) in [5, 5.41) is 0. The Morgan fingerprint density at radius 1 is 0.833 bits per heavy atom. The zero-order chi connectivity index (χ0) is 17.8. The highest BCUT2D eigenvalue weighted by Crippen LogP contribution is 2.32. The van der Waals surface area contributed by atoms with Gasteiger partial charge >= 0.3 is 0 Å². The second-order valence-electron chi connectivity index (χ2n) is 6.98. The maximum atomic E-state index is 5.98. The van der Waals surface area contributed by atoms with Crippen molar-refractivity contribution in [2.75, 3.05) is 39.5 Å². The van der Waals surface area contributed by atoms with Gasteiger partial charge in [0.05, 0.1) is 26.4 Å². The zero-order valence-electron chi connectivity index (χ0n) is 15.2. The quantitative estimate of drug-likeness (QED) is 0.598. The summed E-state index contributed by atoms with van der Waals surface area (Å²) in [5.41, 5.74) is 11.2. The number of hydrogen-bond acceptors (Lipinski definition) is 8. The van der Waals surface area contributed by atoms with Gasteiger partial charge in [0.15, 0.2) is 11.6 Å². The summed E-state index contributed by atoms with van der Waals surface area (Å²) in [5.74, 6) is -1.31. The van der Waals surface area contributed by atoms with Crippen molar-refractivity contribution >= 4 is 0 Å². The molecule has 0 spiro atoms. The van der Waals surface area contributed by atoms with Crippen molar-refractivity contribution in [1.82, 2.24) is 0 Å². The number of ether oxygens (including phenoxy) is 6. The van der Waals surface area contributed by atoms with Crippen LogP contribution in [0.5, 0.6) is 0 Å². The molecule has 2 aliphatic heterocycles. The molecule has 0 aromatic rings. The van der Waals surface area contributed by atoms with E-state index in [0.717, 1.165) is 0 Å². The molecule has 2 heterocycles. The highest BCUT2D eigenvalue weighted by atomic mass is 16.8. The topological polar surface area (TPSA) is 107 Å². The molecular weight excluding hydrogens is 316 g/mol. The van der Waals surface area contributed by atoms with Gasteiger partial charge in [-0.1, -0.05) is 0 Å². The highest BCUT2D eigenvalue weighted by molar-refractivity contribution is 4.91. The lowest BCUT2D eigenvalue weighted by Crippen LogP contribution is -2.51. The van der Waals surface area contributed by atoms with E-state index in [1.807, 2.05) is 27.7 Å². The SMILES string of the molecule is CC1(C)OC[C@H]([C@@H](OCCN)[C@H](OCCN)[C@H]2COC(C)(C)O2)O1. The van der Waals surface area contributed by atoms with Crippen molar-refractivity contribution in [3.05, 3.63) is 0 Å². The molecule has 2 saturated heterocycles. The normalized spacial score (nSPS) is 31.2.